The number of rotatable bonds is 3. The average Bonchev–Trinajstić information content (AvgIpc) is 2.11. The van der Waals surface area contributed by atoms with Crippen LogP contribution in [0.3, 0.4) is 0 Å². The van der Waals surface area contributed by atoms with E-state index in [0.29, 0.717) is 0 Å². The zero-order chi connectivity index (χ0) is 9.68. The number of nitrogens with one attached hydrogen (secondary N) is 2. The van der Waals surface area contributed by atoms with Crippen LogP contribution in [-0.4, -0.2) is 12.4 Å². The van der Waals surface area contributed by atoms with Crippen molar-refractivity contribution < 1.29 is 0 Å². The van der Waals surface area contributed by atoms with E-state index in [2.05, 4.69) is 16.6 Å². The molecule has 0 fully saturated rings. The van der Waals surface area contributed by atoms with Crippen molar-refractivity contribution in [2.45, 2.75) is 13.8 Å². The predicted octanol–water partition coefficient (Wildman–Crippen LogP) is 2.35. The van der Waals surface area contributed by atoms with E-state index >= 15 is 0 Å². The highest BCUT2D eigenvalue weighted by molar-refractivity contribution is 6.14. The molecule has 3 nitrogen and oxygen atoms in total. The van der Waals surface area contributed by atoms with Gasteiger partial charge < -0.3 is 5.41 Å². The normalized spacial score (nSPS) is 10.3. The number of aryl methyl sites for hydroxylation is 2. The third-order valence-electron chi connectivity index (χ3n) is 1.73. The summed E-state index contributed by atoms with van der Waals surface area (Å²) in [6, 6.07) is 6.12. The van der Waals surface area contributed by atoms with Gasteiger partial charge in [-0.3, -0.25) is 5.43 Å². The van der Waals surface area contributed by atoms with E-state index in [1.807, 2.05) is 26.0 Å². The van der Waals surface area contributed by atoms with Crippen molar-refractivity contribution in [3.63, 3.8) is 0 Å². The minimum absolute atomic E-state index is 0.984. The molecule has 1 rings (SSSR count). The van der Waals surface area contributed by atoms with Crippen LogP contribution in [0.25, 0.3) is 0 Å². The van der Waals surface area contributed by atoms with Crippen molar-refractivity contribution in [2.75, 3.05) is 5.43 Å². The van der Waals surface area contributed by atoms with Crippen molar-refractivity contribution in [2.24, 2.45) is 5.10 Å². The second kappa shape index (κ2) is 4.40. The van der Waals surface area contributed by atoms with Gasteiger partial charge in [0, 0.05) is 6.21 Å². The Morgan fingerprint density at radius 1 is 1.38 bits per heavy atom. The maximum absolute atomic E-state index is 6.75. The van der Waals surface area contributed by atoms with Crippen LogP contribution in [0.1, 0.15) is 11.1 Å². The lowest BCUT2D eigenvalue weighted by molar-refractivity contribution is 1.29. The lowest BCUT2D eigenvalue weighted by atomic mass is 10.1. The van der Waals surface area contributed by atoms with Gasteiger partial charge in [-0.15, -0.1) is 0 Å². The smallest absolute Gasteiger partial charge is 0.0648 e. The standard InChI is InChI=1S/C10H13N3/c1-8-3-4-9(2)10(7-8)13-12-6-5-11/h3-7,11,13H,1-2H3/b11-5?,12-6-. The topological polar surface area (TPSA) is 48.2 Å². The van der Waals surface area contributed by atoms with Crippen LogP contribution < -0.4 is 5.43 Å². The van der Waals surface area contributed by atoms with Gasteiger partial charge in [0.05, 0.1) is 11.9 Å². The first kappa shape index (κ1) is 9.45. The van der Waals surface area contributed by atoms with Gasteiger partial charge in [0.15, 0.2) is 0 Å². The highest BCUT2D eigenvalue weighted by Gasteiger charge is 1.95. The number of anilines is 1. The summed E-state index contributed by atoms with van der Waals surface area (Å²) in [5, 5.41) is 10.6. The van der Waals surface area contributed by atoms with Crippen LogP contribution in [0, 0.1) is 19.3 Å². The lowest BCUT2D eigenvalue weighted by Gasteiger charge is -2.04. The van der Waals surface area contributed by atoms with E-state index < -0.39 is 0 Å². The van der Waals surface area contributed by atoms with Crippen molar-refractivity contribution in [3.05, 3.63) is 29.3 Å². The Labute approximate surface area is 78.0 Å². The maximum Gasteiger partial charge on any atom is 0.0648 e. The Morgan fingerprint density at radius 2 is 2.15 bits per heavy atom. The van der Waals surface area contributed by atoms with Crippen LogP contribution in [0.5, 0.6) is 0 Å². The monoisotopic (exact) mass is 175 g/mol. The second-order valence-electron chi connectivity index (χ2n) is 2.88. The molecule has 0 aliphatic heterocycles. The van der Waals surface area contributed by atoms with Gasteiger partial charge in [-0.2, -0.15) is 5.10 Å². The zero-order valence-corrected chi connectivity index (χ0v) is 7.83. The van der Waals surface area contributed by atoms with Gasteiger partial charge in [0.25, 0.3) is 0 Å². The molecule has 0 saturated carbocycles. The number of hydrogen-bond acceptors (Lipinski definition) is 3. The molecule has 68 valence electrons. The SMILES string of the molecule is Cc1ccc(C)c(N/N=C\C=N)c1. The Bertz CT molecular complexity index is 329. The first-order valence-corrected chi connectivity index (χ1v) is 4.09. The molecular formula is C10H13N3. The van der Waals surface area contributed by atoms with Crippen LogP contribution in [-0.2, 0) is 0 Å². The first-order chi connectivity index (χ1) is 6.24. The van der Waals surface area contributed by atoms with Crippen LogP contribution >= 0.6 is 0 Å². The van der Waals surface area contributed by atoms with Gasteiger partial charge in [0.2, 0.25) is 0 Å². The molecule has 0 aliphatic rings. The molecule has 0 spiro atoms. The largest absolute Gasteiger partial charge is 0.307 e. The van der Waals surface area contributed by atoms with Crippen LogP contribution in [0.4, 0.5) is 5.69 Å². The van der Waals surface area contributed by atoms with Crippen LogP contribution in [0.15, 0.2) is 23.3 Å². The van der Waals surface area contributed by atoms with E-state index in [4.69, 9.17) is 5.41 Å². The second-order valence-corrected chi connectivity index (χ2v) is 2.88. The first-order valence-electron chi connectivity index (χ1n) is 4.09. The Kier molecular flexibility index (Phi) is 3.20. The summed E-state index contributed by atoms with van der Waals surface area (Å²) in [7, 11) is 0. The Morgan fingerprint density at radius 3 is 2.85 bits per heavy atom. The third-order valence-corrected chi connectivity index (χ3v) is 1.73. The van der Waals surface area contributed by atoms with E-state index in [0.717, 1.165) is 17.5 Å². The maximum atomic E-state index is 6.75. The molecule has 0 saturated heterocycles. The number of hydrazone groups is 1. The van der Waals surface area contributed by atoms with E-state index in [9.17, 15) is 0 Å². The summed E-state index contributed by atoms with van der Waals surface area (Å²) in [6.45, 7) is 4.05. The van der Waals surface area contributed by atoms with Crippen molar-refractivity contribution in [1.82, 2.24) is 0 Å². The summed E-state index contributed by atoms with van der Waals surface area (Å²) in [4.78, 5) is 0. The molecule has 0 aliphatic carbocycles. The van der Waals surface area contributed by atoms with Gasteiger partial charge >= 0.3 is 0 Å². The number of benzene rings is 1. The Hall–Kier alpha value is -1.64. The van der Waals surface area contributed by atoms with E-state index in [1.54, 1.807) is 0 Å². The zero-order valence-electron chi connectivity index (χ0n) is 7.83. The molecule has 1 aromatic carbocycles. The van der Waals surface area contributed by atoms with E-state index in [-0.39, 0.29) is 0 Å². The molecule has 0 amide bonds. The average molecular weight is 175 g/mol. The van der Waals surface area contributed by atoms with Gasteiger partial charge in [-0.25, -0.2) is 0 Å². The summed E-state index contributed by atoms with van der Waals surface area (Å²) in [6.07, 6.45) is 2.54. The molecule has 3 heteroatoms. The van der Waals surface area contributed by atoms with Crippen molar-refractivity contribution in [1.29, 1.82) is 5.41 Å². The summed E-state index contributed by atoms with van der Waals surface area (Å²) < 4.78 is 0. The molecule has 2 N–H and O–H groups in total. The highest BCUT2D eigenvalue weighted by Crippen LogP contribution is 2.15. The van der Waals surface area contributed by atoms with Crippen molar-refractivity contribution in [3.8, 4) is 0 Å². The molecule has 0 unspecified atom stereocenters. The van der Waals surface area contributed by atoms with Gasteiger partial charge in [-0.1, -0.05) is 12.1 Å². The molecule has 1 aromatic rings. The van der Waals surface area contributed by atoms with E-state index in [1.165, 1.54) is 11.8 Å². The minimum Gasteiger partial charge on any atom is -0.307 e. The van der Waals surface area contributed by atoms with Gasteiger partial charge in [-0.05, 0) is 31.0 Å². The highest BCUT2D eigenvalue weighted by atomic mass is 15.3. The molecule has 0 atom stereocenters. The molecule has 13 heavy (non-hydrogen) atoms. The molecule has 0 radical (unpaired) electrons. The fourth-order valence-corrected chi connectivity index (χ4v) is 1.00. The minimum atomic E-state index is 0.984. The quantitative estimate of drug-likeness (QED) is 0.537. The fourth-order valence-electron chi connectivity index (χ4n) is 1.00. The summed E-state index contributed by atoms with van der Waals surface area (Å²) in [5.41, 5.74) is 6.20. The predicted molar refractivity (Wildman–Crippen MR) is 56.8 cm³/mol. The van der Waals surface area contributed by atoms with Crippen LogP contribution in [0.2, 0.25) is 0 Å². The van der Waals surface area contributed by atoms with Crippen molar-refractivity contribution >= 4 is 18.1 Å². The summed E-state index contributed by atoms with van der Waals surface area (Å²) in [5.74, 6) is 0. The summed E-state index contributed by atoms with van der Waals surface area (Å²) >= 11 is 0. The Balaban J connectivity index is 2.81. The molecule has 0 bridgehead atoms. The fraction of sp³-hybridized carbons (Fsp3) is 0.200. The number of nitrogens with zero attached hydrogens (tertiary/aromatic N) is 1. The number of hydrogen-bond donors (Lipinski definition) is 2. The molecular weight excluding hydrogens is 162 g/mol. The van der Waals surface area contributed by atoms with Gasteiger partial charge in [0.1, 0.15) is 0 Å². The lowest BCUT2D eigenvalue weighted by Crippen LogP contribution is -1.92. The third kappa shape index (κ3) is 2.71. The molecule has 0 aromatic heterocycles. The molecule has 0 heterocycles.